The van der Waals surface area contributed by atoms with Crippen molar-refractivity contribution in [3.05, 3.63) is 34.4 Å². The molecule has 0 radical (unpaired) electrons. The van der Waals surface area contributed by atoms with Gasteiger partial charge in [-0.3, -0.25) is 0 Å². The fourth-order valence-corrected chi connectivity index (χ4v) is 2.21. The van der Waals surface area contributed by atoms with Crippen LogP contribution in [-0.4, -0.2) is 0 Å². The molecule has 0 aliphatic rings. The summed E-state index contributed by atoms with van der Waals surface area (Å²) in [6, 6.07) is 3.80. The molecule has 0 atom stereocenters. The first-order valence-electron chi connectivity index (χ1n) is 6.48. The van der Waals surface area contributed by atoms with Crippen molar-refractivity contribution in [3.8, 4) is 0 Å². The second-order valence-corrected chi connectivity index (χ2v) is 6.51. The highest BCUT2D eigenvalue weighted by molar-refractivity contribution is 5.43. The quantitative estimate of drug-likeness (QED) is 0.667. The molecule has 0 bridgehead atoms. The second-order valence-electron chi connectivity index (χ2n) is 6.51. The zero-order valence-electron chi connectivity index (χ0n) is 12.5. The molecule has 2 heteroatoms. The topological polar surface area (TPSA) is 0 Å². The number of alkyl halides is 2. The van der Waals surface area contributed by atoms with Gasteiger partial charge in [0.25, 0.3) is 5.92 Å². The average Bonchev–Trinajstić information content (AvgIpc) is 2.13. The van der Waals surface area contributed by atoms with E-state index in [4.69, 9.17) is 0 Å². The average molecular weight is 254 g/mol. The van der Waals surface area contributed by atoms with E-state index in [0.717, 1.165) is 5.56 Å². The largest absolute Gasteiger partial charge is 0.275 e. The third-order valence-corrected chi connectivity index (χ3v) is 3.46. The van der Waals surface area contributed by atoms with E-state index in [0.29, 0.717) is 11.1 Å². The van der Waals surface area contributed by atoms with Gasteiger partial charge < -0.3 is 0 Å². The molecule has 0 fully saturated rings. The van der Waals surface area contributed by atoms with Gasteiger partial charge in [-0.15, -0.1) is 0 Å². The Balaban J connectivity index is 3.43. The van der Waals surface area contributed by atoms with Crippen LogP contribution >= 0.6 is 0 Å². The van der Waals surface area contributed by atoms with Crippen molar-refractivity contribution in [2.75, 3.05) is 0 Å². The van der Waals surface area contributed by atoms with E-state index in [1.54, 1.807) is 27.7 Å². The smallest absolute Gasteiger partial charge is 0.201 e. The van der Waals surface area contributed by atoms with Crippen LogP contribution in [0.1, 0.15) is 56.9 Å². The molecule has 102 valence electrons. The first-order chi connectivity index (χ1) is 7.98. The molecule has 1 aromatic rings. The van der Waals surface area contributed by atoms with Gasteiger partial charge in [0.2, 0.25) is 0 Å². The minimum Gasteiger partial charge on any atom is -0.201 e. The van der Waals surface area contributed by atoms with Gasteiger partial charge in [-0.2, -0.15) is 0 Å². The lowest BCUT2D eigenvalue weighted by Crippen LogP contribution is -2.24. The number of hydrogen-bond acceptors (Lipinski definition) is 0. The van der Waals surface area contributed by atoms with Crippen LogP contribution in [0.15, 0.2) is 12.1 Å². The Kier molecular flexibility index (Phi) is 3.90. The molecule has 0 aliphatic carbocycles. The number of rotatable bonds is 2. The Labute approximate surface area is 109 Å². The summed E-state index contributed by atoms with van der Waals surface area (Å²) in [4.78, 5) is 0. The maximum Gasteiger partial charge on any atom is 0.275 e. The molecule has 0 saturated heterocycles. The highest BCUT2D eigenvalue weighted by Crippen LogP contribution is 2.40. The molecule has 0 saturated carbocycles. The van der Waals surface area contributed by atoms with E-state index in [1.165, 1.54) is 0 Å². The molecule has 0 N–H and O–H groups in total. The predicted octanol–water partition coefficient (Wildman–Crippen LogP) is 5.35. The van der Waals surface area contributed by atoms with Gasteiger partial charge in [-0.25, -0.2) is 8.78 Å². The predicted molar refractivity (Wildman–Crippen MR) is 73.3 cm³/mol. The summed E-state index contributed by atoms with van der Waals surface area (Å²) in [7, 11) is 0. The van der Waals surface area contributed by atoms with Gasteiger partial charge in [-0.05, 0) is 36.0 Å². The van der Waals surface area contributed by atoms with Gasteiger partial charge >= 0.3 is 0 Å². The monoisotopic (exact) mass is 254 g/mol. The fraction of sp³-hybridized carbons (Fsp3) is 0.625. The van der Waals surface area contributed by atoms with Crippen molar-refractivity contribution < 1.29 is 8.78 Å². The van der Waals surface area contributed by atoms with Crippen LogP contribution in [0.5, 0.6) is 0 Å². The third kappa shape index (κ3) is 2.73. The molecule has 0 nitrogen and oxygen atoms in total. The summed E-state index contributed by atoms with van der Waals surface area (Å²) >= 11 is 0. The minimum atomic E-state index is -2.76. The van der Waals surface area contributed by atoms with Crippen LogP contribution in [-0.2, 0) is 11.3 Å². The van der Waals surface area contributed by atoms with E-state index in [-0.39, 0.29) is 11.0 Å². The van der Waals surface area contributed by atoms with Gasteiger partial charge in [-0.1, -0.05) is 46.8 Å². The van der Waals surface area contributed by atoms with Crippen molar-refractivity contribution in [1.82, 2.24) is 0 Å². The maximum absolute atomic E-state index is 14.2. The first-order valence-corrected chi connectivity index (χ1v) is 6.48. The van der Waals surface area contributed by atoms with E-state index in [1.807, 2.05) is 12.1 Å². The molecule has 0 amide bonds. The highest BCUT2D eigenvalue weighted by atomic mass is 19.3. The molecule has 1 aromatic carbocycles. The Morgan fingerprint density at radius 1 is 0.944 bits per heavy atom. The van der Waals surface area contributed by atoms with Crippen molar-refractivity contribution in [3.63, 3.8) is 0 Å². The maximum atomic E-state index is 14.2. The van der Waals surface area contributed by atoms with E-state index in [9.17, 15) is 8.78 Å². The first kappa shape index (κ1) is 15.1. The Hall–Kier alpha value is -0.920. The van der Waals surface area contributed by atoms with Crippen molar-refractivity contribution in [2.24, 2.45) is 5.92 Å². The second kappa shape index (κ2) is 4.64. The van der Waals surface area contributed by atoms with Crippen LogP contribution in [0.25, 0.3) is 0 Å². The van der Waals surface area contributed by atoms with Crippen LogP contribution in [0.4, 0.5) is 8.78 Å². The molecule has 1 rings (SSSR count). The lowest BCUT2D eigenvalue weighted by molar-refractivity contribution is -0.0525. The van der Waals surface area contributed by atoms with E-state index < -0.39 is 11.8 Å². The van der Waals surface area contributed by atoms with Crippen LogP contribution < -0.4 is 0 Å². The van der Waals surface area contributed by atoms with Gasteiger partial charge in [0.1, 0.15) is 0 Å². The Bertz CT molecular complexity index is 414. The number of benzene rings is 1. The highest BCUT2D eigenvalue weighted by Gasteiger charge is 2.38. The van der Waals surface area contributed by atoms with Crippen molar-refractivity contribution in [1.29, 1.82) is 0 Å². The normalized spacial score (nSPS) is 13.2. The number of hydrogen-bond donors (Lipinski definition) is 0. The minimum absolute atomic E-state index is 0.0127. The fourth-order valence-electron chi connectivity index (χ4n) is 2.21. The van der Waals surface area contributed by atoms with Crippen LogP contribution in [0.3, 0.4) is 0 Å². The third-order valence-electron chi connectivity index (χ3n) is 3.46. The molecule has 0 spiro atoms. The molecule has 0 heterocycles. The van der Waals surface area contributed by atoms with Crippen LogP contribution in [0, 0.1) is 19.8 Å². The lowest BCUT2D eigenvalue weighted by Gasteiger charge is -2.27. The standard InChI is InChI=1S/C16H24F2/c1-10(2)16(17,18)14-11(3)8-13(9-12(14)4)15(5,6)7/h8-10H,1-7H3. The molecule has 18 heavy (non-hydrogen) atoms. The van der Waals surface area contributed by atoms with Crippen molar-refractivity contribution in [2.45, 2.75) is 59.8 Å². The summed E-state index contributed by atoms with van der Waals surface area (Å²) in [6.07, 6.45) is 0. The van der Waals surface area contributed by atoms with Gasteiger partial charge in [0.15, 0.2) is 0 Å². The molecule has 0 aliphatic heterocycles. The SMILES string of the molecule is Cc1cc(C(C)(C)C)cc(C)c1C(F)(F)C(C)C. The lowest BCUT2D eigenvalue weighted by atomic mass is 9.81. The summed E-state index contributed by atoms with van der Waals surface area (Å²) < 4.78 is 28.5. The van der Waals surface area contributed by atoms with Gasteiger partial charge in [0.05, 0.1) is 0 Å². The number of halogens is 2. The van der Waals surface area contributed by atoms with E-state index >= 15 is 0 Å². The molecular formula is C16H24F2. The summed E-state index contributed by atoms with van der Waals surface area (Å²) in [6.45, 7) is 13.0. The zero-order chi connectivity index (χ0) is 14.3. The Morgan fingerprint density at radius 2 is 1.33 bits per heavy atom. The summed E-state index contributed by atoms with van der Waals surface area (Å²) in [5, 5.41) is 0. The Morgan fingerprint density at radius 3 is 1.61 bits per heavy atom. The summed E-state index contributed by atoms with van der Waals surface area (Å²) in [5.74, 6) is -3.44. The molecular weight excluding hydrogens is 230 g/mol. The summed E-state index contributed by atoms with van der Waals surface area (Å²) in [5.41, 5.74) is 2.69. The van der Waals surface area contributed by atoms with E-state index in [2.05, 4.69) is 20.8 Å². The molecule has 0 aromatic heterocycles. The van der Waals surface area contributed by atoms with Gasteiger partial charge in [0, 0.05) is 11.5 Å². The van der Waals surface area contributed by atoms with Crippen molar-refractivity contribution >= 4 is 0 Å². The number of aryl methyl sites for hydroxylation is 2. The zero-order valence-corrected chi connectivity index (χ0v) is 12.5. The van der Waals surface area contributed by atoms with Crippen LogP contribution in [0.2, 0.25) is 0 Å². The molecule has 0 unspecified atom stereocenters.